The van der Waals surface area contributed by atoms with Crippen molar-refractivity contribution in [1.82, 2.24) is 10.2 Å². The molecule has 0 saturated carbocycles. The molecule has 0 aliphatic rings. The highest BCUT2D eigenvalue weighted by Crippen LogP contribution is 2.19. The van der Waals surface area contributed by atoms with Gasteiger partial charge in [-0.3, -0.25) is 14.9 Å². The van der Waals surface area contributed by atoms with Gasteiger partial charge in [-0.25, -0.2) is 4.39 Å². The van der Waals surface area contributed by atoms with Gasteiger partial charge < -0.3 is 10.2 Å². The van der Waals surface area contributed by atoms with E-state index in [2.05, 4.69) is 5.32 Å². The van der Waals surface area contributed by atoms with E-state index < -0.39 is 16.8 Å². The van der Waals surface area contributed by atoms with Crippen LogP contribution in [-0.4, -0.2) is 35.4 Å². The zero-order valence-electron chi connectivity index (χ0n) is 11.7. The van der Waals surface area contributed by atoms with E-state index in [-0.39, 0.29) is 23.7 Å². The number of nitro benzene ring substituents is 1. The van der Waals surface area contributed by atoms with Crippen molar-refractivity contribution in [3.8, 4) is 0 Å². The summed E-state index contributed by atoms with van der Waals surface area (Å²) in [5, 5.41) is 13.7. The van der Waals surface area contributed by atoms with Crippen LogP contribution in [0.25, 0.3) is 0 Å². The molecule has 0 spiro atoms. The lowest BCUT2D eigenvalue weighted by atomic mass is 10.1. The van der Waals surface area contributed by atoms with Crippen molar-refractivity contribution in [3.63, 3.8) is 0 Å². The maximum absolute atomic E-state index is 13.2. The Morgan fingerprint density at radius 1 is 1.55 bits per heavy atom. The van der Waals surface area contributed by atoms with E-state index in [0.717, 1.165) is 18.2 Å². The van der Waals surface area contributed by atoms with Crippen molar-refractivity contribution in [3.05, 3.63) is 39.7 Å². The molecule has 0 aliphatic carbocycles. The molecule has 1 rings (SSSR count). The standard InChI is InChI=1S/C13H18FN3O3/c1-4-16(3)13(18)9(2)15-8-10-7-11(14)5-6-12(10)17(19)20/h5-7,9,15H,4,8H2,1-3H3. The Balaban J connectivity index is 2.77. The number of hydrogen-bond acceptors (Lipinski definition) is 4. The lowest BCUT2D eigenvalue weighted by Crippen LogP contribution is -2.42. The van der Waals surface area contributed by atoms with Crippen LogP contribution in [0.15, 0.2) is 18.2 Å². The van der Waals surface area contributed by atoms with Crippen molar-refractivity contribution >= 4 is 11.6 Å². The van der Waals surface area contributed by atoms with Gasteiger partial charge in [0.15, 0.2) is 0 Å². The van der Waals surface area contributed by atoms with Gasteiger partial charge in [0.25, 0.3) is 5.69 Å². The zero-order valence-corrected chi connectivity index (χ0v) is 11.7. The van der Waals surface area contributed by atoms with E-state index in [1.54, 1.807) is 14.0 Å². The molecule has 0 aromatic heterocycles. The van der Waals surface area contributed by atoms with Gasteiger partial charge in [-0.2, -0.15) is 0 Å². The number of benzene rings is 1. The van der Waals surface area contributed by atoms with Crippen LogP contribution in [0.5, 0.6) is 0 Å². The molecule has 0 bridgehead atoms. The topological polar surface area (TPSA) is 75.5 Å². The molecule has 0 heterocycles. The first-order chi connectivity index (χ1) is 9.36. The molecule has 1 N–H and O–H groups in total. The molecule has 1 atom stereocenters. The Morgan fingerprint density at radius 3 is 2.75 bits per heavy atom. The highest BCUT2D eigenvalue weighted by molar-refractivity contribution is 5.81. The average Bonchev–Trinajstić information content (AvgIpc) is 2.42. The summed E-state index contributed by atoms with van der Waals surface area (Å²) in [7, 11) is 1.67. The smallest absolute Gasteiger partial charge is 0.274 e. The van der Waals surface area contributed by atoms with Gasteiger partial charge in [-0.1, -0.05) is 0 Å². The van der Waals surface area contributed by atoms with Crippen LogP contribution in [0.2, 0.25) is 0 Å². The molecule has 0 fully saturated rings. The quantitative estimate of drug-likeness (QED) is 0.636. The number of carbonyl (C=O) groups excluding carboxylic acids is 1. The van der Waals surface area contributed by atoms with E-state index in [1.165, 1.54) is 4.90 Å². The Labute approximate surface area is 116 Å². The molecule has 1 amide bonds. The maximum Gasteiger partial charge on any atom is 0.274 e. The first-order valence-corrected chi connectivity index (χ1v) is 6.28. The van der Waals surface area contributed by atoms with Crippen LogP contribution in [0, 0.1) is 15.9 Å². The van der Waals surface area contributed by atoms with Crippen LogP contribution in [0.3, 0.4) is 0 Å². The highest BCUT2D eigenvalue weighted by Gasteiger charge is 2.19. The van der Waals surface area contributed by atoms with Gasteiger partial charge >= 0.3 is 0 Å². The molecular weight excluding hydrogens is 265 g/mol. The van der Waals surface area contributed by atoms with Crippen LogP contribution >= 0.6 is 0 Å². The van der Waals surface area contributed by atoms with Gasteiger partial charge in [0, 0.05) is 31.8 Å². The van der Waals surface area contributed by atoms with Crippen molar-refractivity contribution in [2.45, 2.75) is 26.4 Å². The number of carbonyl (C=O) groups is 1. The molecular formula is C13H18FN3O3. The third-order valence-corrected chi connectivity index (χ3v) is 3.06. The van der Waals surface area contributed by atoms with Crippen molar-refractivity contribution in [2.75, 3.05) is 13.6 Å². The largest absolute Gasteiger partial charge is 0.345 e. The summed E-state index contributed by atoms with van der Waals surface area (Å²) in [6.45, 7) is 4.14. The maximum atomic E-state index is 13.2. The average molecular weight is 283 g/mol. The van der Waals surface area contributed by atoms with Crippen LogP contribution in [-0.2, 0) is 11.3 Å². The second-order valence-electron chi connectivity index (χ2n) is 4.49. The van der Waals surface area contributed by atoms with E-state index >= 15 is 0 Å². The van der Waals surface area contributed by atoms with Gasteiger partial charge in [0.2, 0.25) is 5.91 Å². The predicted octanol–water partition coefficient (Wildman–Crippen LogP) is 1.69. The second-order valence-corrected chi connectivity index (χ2v) is 4.49. The van der Waals surface area contributed by atoms with Gasteiger partial charge in [-0.05, 0) is 26.0 Å². The van der Waals surface area contributed by atoms with E-state index in [4.69, 9.17) is 0 Å². The lowest BCUT2D eigenvalue weighted by Gasteiger charge is -2.20. The molecule has 0 saturated heterocycles. The van der Waals surface area contributed by atoms with E-state index in [9.17, 15) is 19.3 Å². The first-order valence-electron chi connectivity index (χ1n) is 6.28. The molecule has 1 aromatic carbocycles. The van der Waals surface area contributed by atoms with Crippen LogP contribution in [0.1, 0.15) is 19.4 Å². The third-order valence-electron chi connectivity index (χ3n) is 3.06. The lowest BCUT2D eigenvalue weighted by molar-refractivity contribution is -0.385. The number of rotatable bonds is 6. The molecule has 1 aromatic rings. The fraction of sp³-hybridized carbons (Fsp3) is 0.462. The number of likely N-dealkylation sites (N-methyl/N-ethyl adjacent to an activating group) is 1. The second kappa shape index (κ2) is 6.95. The molecule has 6 nitrogen and oxygen atoms in total. The van der Waals surface area contributed by atoms with Crippen LogP contribution in [0.4, 0.5) is 10.1 Å². The van der Waals surface area contributed by atoms with Gasteiger partial charge in [-0.15, -0.1) is 0 Å². The van der Waals surface area contributed by atoms with E-state index in [0.29, 0.717) is 6.54 Å². The van der Waals surface area contributed by atoms with Crippen molar-refractivity contribution in [2.24, 2.45) is 0 Å². The normalized spacial score (nSPS) is 12.0. The van der Waals surface area contributed by atoms with Gasteiger partial charge in [0.05, 0.1) is 11.0 Å². The van der Waals surface area contributed by atoms with Crippen molar-refractivity contribution in [1.29, 1.82) is 0 Å². The molecule has 7 heteroatoms. The first kappa shape index (κ1) is 16.0. The minimum absolute atomic E-state index is 0.0541. The fourth-order valence-corrected chi connectivity index (χ4v) is 1.71. The molecule has 0 aliphatic heterocycles. The summed E-state index contributed by atoms with van der Waals surface area (Å²) < 4.78 is 13.2. The fourth-order valence-electron chi connectivity index (χ4n) is 1.71. The molecule has 1 unspecified atom stereocenters. The Bertz CT molecular complexity index is 508. The summed E-state index contributed by atoms with van der Waals surface area (Å²) >= 11 is 0. The number of nitrogens with one attached hydrogen (secondary N) is 1. The Morgan fingerprint density at radius 2 is 2.20 bits per heavy atom. The summed E-state index contributed by atoms with van der Waals surface area (Å²) in [6, 6.07) is 2.77. The van der Waals surface area contributed by atoms with Gasteiger partial charge in [0.1, 0.15) is 5.82 Å². The summed E-state index contributed by atoms with van der Waals surface area (Å²) in [5.41, 5.74) is 0.0520. The number of amides is 1. The van der Waals surface area contributed by atoms with Crippen molar-refractivity contribution < 1.29 is 14.1 Å². The predicted molar refractivity (Wildman–Crippen MR) is 72.7 cm³/mol. The summed E-state index contributed by atoms with van der Waals surface area (Å²) in [4.78, 5) is 23.7. The van der Waals surface area contributed by atoms with Crippen LogP contribution < -0.4 is 5.32 Å². The SMILES string of the molecule is CCN(C)C(=O)C(C)NCc1cc(F)ccc1[N+](=O)[O-]. The molecule has 20 heavy (non-hydrogen) atoms. The van der Waals surface area contributed by atoms with E-state index in [1.807, 2.05) is 6.92 Å². The summed E-state index contributed by atoms with van der Waals surface area (Å²) in [6.07, 6.45) is 0. The zero-order chi connectivity index (χ0) is 15.3. The summed E-state index contributed by atoms with van der Waals surface area (Å²) in [5.74, 6) is -0.663. The number of halogens is 1. The highest BCUT2D eigenvalue weighted by atomic mass is 19.1. The minimum Gasteiger partial charge on any atom is -0.345 e. The number of hydrogen-bond donors (Lipinski definition) is 1. The minimum atomic E-state index is -0.568. The number of nitro groups is 1. The Kier molecular flexibility index (Phi) is 5.57. The molecule has 110 valence electrons. The third kappa shape index (κ3) is 3.99. The monoisotopic (exact) mass is 283 g/mol. The Hall–Kier alpha value is -2.02. The number of nitrogens with zero attached hydrogens (tertiary/aromatic N) is 2. The molecule has 0 radical (unpaired) electrons.